The average Bonchev–Trinajstić information content (AvgIpc) is 1.82. The summed E-state index contributed by atoms with van der Waals surface area (Å²) in [5.41, 5.74) is -1.25. The molecule has 0 saturated heterocycles. The van der Waals surface area contributed by atoms with Crippen molar-refractivity contribution in [2.24, 2.45) is 0 Å². The summed E-state index contributed by atoms with van der Waals surface area (Å²) in [7, 11) is 0. The van der Waals surface area contributed by atoms with Gasteiger partial charge in [0.15, 0.2) is 0 Å². The fourth-order valence-corrected chi connectivity index (χ4v) is 0.547. The number of hydrogen-bond acceptors (Lipinski definition) is 3. The van der Waals surface area contributed by atoms with Crippen LogP contribution in [0.4, 0.5) is 13.2 Å². The molecule has 0 aliphatic rings. The van der Waals surface area contributed by atoms with Crippen LogP contribution in [-0.4, -0.2) is 17.7 Å². The Balaban J connectivity index is 3.80. The van der Waals surface area contributed by atoms with Crippen LogP contribution in [-0.2, 0) is 14.1 Å². The molecule has 1 atom stereocenters. The molecule has 78 valence electrons. The molecule has 0 amide bonds. The Morgan fingerprint density at radius 2 is 2.08 bits per heavy atom. The molecule has 0 rings (SSSR count). The topological polar surface area (TPSA) is 55.8 Å². The van der Waals surface area contributed by atoms with E-state index in [4.69, 9.17) is 4.89 Å². The summed E-state index contributed by atoms with van der Waals surface area (Å²) < 4.78 is 48.6. The van der Waals surface area contributed by atoms with Crippen molar-refractivity contribution < 1.29 is 32.2 Å². The highest BCUT2D eigenvalue weighted by molar-refractivity contribution is 7.80. The van der Waals surface area contributed by atoms with E-state index in [1.54, 1.807) is 0 Å². The largest absolute Gasteiger partial charge is 0.448 e. The zero-order chi connectivity index (χ0) is 10.7. The molecule has 4 nitrogen and oxygen atoms in total. The molecule has 0 aromatic rings. The Bertz CT molecular complexity index is 234. The van der Waals surface area contributed by atoms with Gasteiger partial charge in [-0.05, 0) is 0 Å². The molecule has 0 spiro atoms. The number of rotatable bonds is 4. The first-order valence-corrected chi connectivity index (χ1v) is 5.20. The van der Waals surface area contributed by atoms with Crippen molar-refractivity contribution >= 4 is 18.2 Å². The summed E-state index contributed by atoms with van der Waals surface area (Å²) in [6.45, 7) is -2.91. The molecule has 0 saturated carbocycles. The van der Waals surface area contributed by atoms with Gasteiger partial charge in [-0.15, -0.1) is 4.67 Å². The maximum Gasteiger partial charge on any atom is 0.448 e. The fraction of sp³-hybridized carbons (Fsp3) is 0.500. The Kier molecular flexibility index (Phi) is 4.41. The summed E-state index contributed by atoms with van der Waals surface area (Å²) in [5.74, 6) is 0. The smallest absolute Gasteiger partial charge is 0.311 e. The molecule has 9 heteroatoms. The first-order valence-electron chi connectivity index (χ1n) is 2.71. The minimum atomic E-state index is -4.63. The summed E-state index contributed by atoms with van der Waals surface area (Å²) >= 11 is 4.58. The maximum atomic E-state index is 11.7. The van der Waals surface area contributed by atoms with Gasteiger partial charge in [-0.25, -0.2) is 9.45 Å². The van der Waals surface area contributed by atoms with Crippen LogP contribution in [0.2, 0.25) is 0 Å². The van der Waals surface area contributed by atoms with E-state index >= 15 is 0 Å². The zero-order valence-corrected chi connectivity index (χ0v) is 7.70. The van der Waals surface area contributed by atoms with Gasteiger partial charge in [0.2, 0.25) is 0 Å². The summed E-state index contributed by atoms with van der Waals surface area (Å²) in [6.07, 6.45) is -4.63. The molecular weight excluding hydrogens is 235 g/mol. The van der Waals surface area contributed by atoms with E-state index in [-0.39, 0.29) is 0 Å². The summed E-state index contributed by atoms with van der Waals surface area (Å²) in [4.78, 5) is 11.9. The van der Waals surface area contributed by atoms with Gasteiger partial charge in [0.05, 0.1) is 5.57 Å². The standard InChI is InChI=1S/C4H5ClF3O4P/c1-3(4(6,7)8)2-11-12-13(5,9)10/h1-2H2,(H,9,10). The highest BCUT2D eigenvalue weighted by Crippen LogP contribution is 2.47. The van der Waals surface area contributed by atoms with E-state index in [0.717, 1.165) is 0 Å². The summed E-state index contributed by atoms with van der Waals surface area (Å²) in [5, 5.41) is 0. The highest BCUT2D eigenvalue weighted by Gasteiger charge is 2.32. The van der Waals surface area contributed by atoms with Crippen LogP contribution in [0.25, 0.3) is 0 Å². The minimum absolute atomic E-state index is 1.08. The summed E-state index contributed by atoms with van der Waals surface area (Å²) in [6, 6.07) is 0. The van der Waals surface area contributed by atoms with Crippen molar-refractivity contribution in [3.05, 3.63) is 12.2 Å². The molecule has 0 aromatic heterocycles. The van der Waals surface area contributed by atoms with Crippen molar-refractivity contribution in [3.8, 4) is 0 Å². The van der Waals surface area contributed by atoms with Gasteiger partial charge in [0.1, 0.15) is 6.61 Å². The second-order valence-corrected chi connectivity index (χ2v) is 4.22. The molecule has 1 N–H and O–H groups in total. The van der Waals surface area contributed by atoms with Gasteiger partial charge in [-0.3, -0.25) is 0 Å². The lowest BCUT2D eigenvalue weighted by Crippen LogP contribution is -2.15. The van der Waals surface area contributed by atoms with Gasteiger partial charge in [-0.2, -0.15) is 13.2 Å². The third kappa shape index (κ3) is 7.04. The van der Waals surface area contributed by atoms with Crippen molar-refractivity contribution in [2.75, 3.05) is 6.61 Å². The van der Waals surface area contributed by atoms with Crippen LogP contribution < -0.4 is 0 Å². The maximum absolute atomic E-state index is 11.7. The lowest BCUT2D eigenvalue weighted by atomic mass is 10.3. The normalized spacial score (nSPS) is 16.7. The lowest BCUT2D eigenvalue weighted by molar-refractivity contribution is -0.213. The monoisotopic (exact) mass is 240 g/mol. The van der Waals surface area contributed by atoms with E-state index in [9.17, 15) is 17.7 Å². The van der Waals surface area contributed by atoms with Gasteiger partial charge >= 0.3 is 13.1 Å². The van der Waals surface area contributed by atoms with Crippen LogP contribution in [0.15, 0.2) is 12.2 Å². The molecular formula is C4H5ClF3O4P. The Morgan fingerprint density at radius 1 is 1.62 bits per heavy atom. The highest BCUT2D eigenvalue weighted by atomic mass is 35.7. The molecule has 0 radical (unpaired) electrons. The number of halogens is 4. The van der Waals surface area contributed by atoms with E-state index in [0.29, 0.717) is 0 Å². The van der Waals surface area contributed by atoms with E-state index in [1.165, 1.54) is 0 Å². The van der Waals surface area contributed by atoms with E-state index < -0.39 is 25.3 Å². The van der Waals surface area contributed by atoms with Crippen molar-refractivity contribution in [1.29, 1.82) is 0 Å². The SMILES string of the molecule is C=C(COOP(=O)(O)Cl)C(F)(F)F. The van der Waals surface area contributed by atoms with Crippen LogP contribution in [0.3, 0.4) is 0 Å². The molecule has 0 aliphatic heterocycles. The van der Waals surface area contributed by atoms with Crippen molar-refractivity contribution in [1.82, 2.24) is 0 Å². The van der Waals surface area contributed by atoms with Crippen molar-refractivity contribution in [2.45, 2.75) is 6.18 Å². The predicted octanol–water partition coefficient (Wildman–Crippen LogP) is 2.39. The first kappa shape index (κ1) is 12.9. The molecule has 1 unspecified atom stereocenters. The van der Waals surface area contributed by atoms with Gasteiger partial charge < -0.3 is 4.89 Å². The van der Waals surface area contributed by atoms with Crippen LogP contribution >= 0.6 is 18.2 Å². The number of alkyl halides is 3. The zero-order valence-electron chi connectivity index (χ0n) is 6.05. The minimum Gasteiger partial charge on any atom is -0.311 e. The van der Waals surface area contributed by atoms with Crippen LogP contribution in [0, 0.1) is 0 Å². The molecule has 0 aromatic carbocycles. The third-order valence-corrected chi connectivity index (χ3v) is 1.24. The van der Waals surface area contributed by atoms with Crippen LogP contribution in [0.5, 0.6) is 0 Å². The van der Waals surface area contributed by atoms with Gasteiger partial charge in [-0.1, -0.05) is 6.58 Å². The van der Waals surface area contributed by atoms with Crippen LogP contribution in [0.1, 0.15) is 0 Å². The first-order chi connectivity index (χ1) is 5.63. The third-order valence-electron chi connectivity index (χ3n) is 0.779. The Hall–Kier alpha value is -0.0700. The fourth-order valence-electron chi connectivity index (χ4n) is 0.244. The Morgan fingerprint density at radius 3 is 2.38 bits per heavy atom. The molecule has 0 aliphatic carbocycles. The van der Waals surface area contributed by atoms with Gasteiger partial charge in [0, 0.05) is 11.2 Å². The van der Waals surface area contributed by atoms with Crippen molar-refractivity contribution in [3.63, 3.8) is 0 Å². The van der Waals surface area contributed by atoms with E-state index in [1.807, 2.05) is 0 Å². The second-order valence-electron chi connectivity index (χ2n) is 1.89. The number of hydrogen-bond donors (Lipinski definition) is 1. The molecule has 0 fully saturated rings. The van der Waals surface area contributed by atoms with Gasteiger partial charge in [0.25, 0.3) is 0 Å². The Labute approximate surface area is 76.2 Å². The molecule has 13 heavy (non-hydrogen) atoms. The average molecular weight is 241 g/mol. The quantitative estimate of drug-likeness (QED) is 0.355. The molecule has 0 bridgehead atoms. The predicted molar refractivity (Wildman–Crippen MR) is 37.9 cm³/mol. The van der Waals surface area contributed by atoms with E-state index in [2.05, 4.69) is 27.4 Å². The second kappa shape index (κ2) is 4.43. The molecule has 0 heterocycles. The lowest BCUT2D eigenvalue weighted by Gasteiger charge is -2.09.